The third-order valence-electron chi connectivity index (χ3n) is 2.93. The van der Waals surface area contributed by atoms with Crippen LogP contribution in [0.2, 0.25) is 5.02 Å². The Bertz CT molecular complexity index is 685. The summed E-state index contributed by atoms with van der Waals surface area (Å²) in [6.07, 6.45) is 6.22. The quantitative estimate of drug-likeness (QED) is 0.631. The lowest BCUT2D eigenvalue weighted by Crippen LogP contribution is -2.34. The average molecular weight is 330 g/mol. The number of halogens is 1. The van der Waals surface area contributed by atoms with Gasteiger partial charge in [0.1, 0.15) is 0 Å². The van der Waals surface area contributed by atoms with E-state index < -0.39 is 0 Å². The zero-order valence-electron chi connectivity index (χ0n) is 12.3. The molecule has 0 aliphatic rings. The zero-order chi connectivity index (χ0) is 16.5. The number of aromatic nitrogens is 1. The van der Waals surface area contributed by atoms with Crippen molar-refractivity contribution in [3.63, 3.8) is 0 Å². The number of carbonyl (C=O) groups excluding carboxylic acids is 2. The van der Waals surface area contributed by atoms with Crippen LogP contribution in [0.25, 0.3) is 6.08 Å². The fourth-order valence-electron chi connectivity index (χ4n) is 1.77. The summed E-state index contributed by atoms with van der Waals surface area (Å²) in [6, 6.07) is 10.5. The maximum absolute atomic E-state index is 11.7. The van der Waals surface area contributed by atoms with Crippen molar-refractivity contribution in [2.45, 2.75) is 0 Å². The summed E-state index contributed by atoms with van der Waals surface area (Å²) in [7, 11) is 0. The molecule has 0 atom stereocenters. The molecule has 0 radical (unpaired) electrons. The molecule has 0 aliphatic carbocycles. The van der Waals surface area contributed by atoms with Gasteiger partial charge in [0.05, 0.1) is 5.56 Å². The largest absolute Gasteiger partial charge is 0.351 e. The summed E-state index contributed by atoms with van der Waals surface area (Å²) in [5.74, 6) is -0.445. The summed E-state index contributed by atoms with van der Waals surface area (Å²) >= 11 is 5.79. The lowest BCUT2D eigenvalue weighted by Gasteiger charge is -2.05. The van der Waals surface area contributed by atoms with Gasteiger partial charge in [0.25, 0.3) is 5.91 Å². The monoisotopic (exact) mass is 329 g/mol. The Kier molecular flexibility index (Phi) is 6.32. The second-order valence-electron chi connectivity index (χ2n) is 4.67. The standard InChI is InChI=1S/C17H16ClN3O2/c18-15-6-3-13(4-7-15)5-8-16(22)20-10-11-21-17(23)14-2-1-9-19-12-14/h1-9,12H,10-11H2,(H,20,22)(H,21,23)/b8-5+. The minimum absolute atomic E-state index is 0.218. The number of benzene rings is 1. The normalized spacial score (nSPS) is 10.5. The average Bonchev–Trinajstić information content (AvgIpc) is 2.59. The predicted octanol–water partition coefficient (Wildman–Crippen LogP) is 2.29. The highest BCUT2D eigenvalue weighted by molar-refractivity contribution is 6.30. The Morgan fingerprint density at radius 1 is 1.09 bits per heavy atom. The number of hydrogen-bond donors (Lipinski definition) is 2. The van der Waals surface area contributed by atoms with Gasteiger partial charge in [-0.2, -0.15) is 0 Å². The van der Waals surface area contributed by atoms with Gasteiger partial charge in [0.15, 0.2) is 0 Å². The van der Waals surface area contributed by atoms with Crippen molar-refractivity contribution >= 4 is 29.5 Å². The van der Waals surface area contributed by atoms with Crippen LogP contribution in [0.4, 0.5) is 0 Å². The molecule has 2 N–H and O–H groups in total. The Labute approximate surface area is 139 Å². The van der Waals surface area contributed by atoms with Crippen LogP contribution in [0.1, 0.15) is 15.9 Å². The van der Waals surface area contributed by atoms with Crippen molar-refractivity contribution in [3.05, 3.63) is 71.0 Å². The fraction of sp³-hybridized carbons (Fsp3) is 0.118. The van der Waals surface area contributed by atoms with E-state index in [2.05, 4.69) is 15.6 Å². The van der Waals surface area contributed by atoms with Crippen molar-refractivity contribution in [2.24, 2.45) is 0 Å². The maximum atomic E-state index is 11.7. The lowest BCUT2D eigenvalue weighted by molar-refractivity contribution is -0.116. The summed E-state index contributed by atoms with van der Waals surface area (Å²) in [5, 5.41) is 6.04. The molecule has 23 heavy (non-hydrogen) atoms. The minimum Gasteiger partial charge on any atom is -0.351 e. The molecule has 1 aromatic heterocycles. The predicted molar refractivity (Wildman–Crippen MR) is 90.1 cm³/mol. The van der Waals surface area contributed by atoms with E-state index in [0.29, 0.717) is 23.7 Å². The topological polar surface area (TPSA) is 71.1 Å². The van der Waals surface area contributed by atoms with Gasteiger partial charge in [-0.05, 0) is 35.9 Å². The first-order valence-electron chi connectivity index (χ1n) is 7.05. The van der Waals surface area contributed by atoms with Gasteiger partial charge in [0.2, 0.25) is 5.91 Å². The highest BCUT2D eigenvalue weighted by Gasteiger charge is 2.03. The van der Waals surface area contributed by atoms with Crippen molar-refractivity contribution in [1.82, 2.24) is 15.6 Å². The SMILES string of the molecule is O=C(/C=C/c1ccc(Cl)cc1)NCCNC(=O)c1cccnc1. The smallest absolute Gasteiger partial charge is 0.252 e. The molecule has 2 aromatic rings. The maximum Gasteiger partial charge on any atom is 0.252 e. The third kappa shape index (κ3) is 5.92. The molecule has 0 fully saturated rings. The van der Waals surface area contributed by atoms with Crippen molar-refractivity contribution in [2.75, 3.05) is 13.1 Å². The molecule has 0 bridgehead atoms. The van der Waals surface area contributed by atoms with Gasteiger partial charge >= 0.3 is 0 Å². The van der Waals surface area contributed by atoms with E-state index in [-0.39, 0.29) is 11.8 Å². The van der Waals surface area contributed by atoms with E-state index in [9.17, 15) is 9.59 Å². The lowest BCUT2D eigenvalue weighted by atomic mass is 10.2. The van der Waals surface area contributed by atoms with Gasteiger partial charge in [-0.1, -0.05) is 23.7 Å². The van der Waals surface area contributed by atoms with Crippen molar-refractivity contribution in [3.8, 4) is 0 Å². The number of pyridine rings is 1. The minimum atomic E-state index is -0.226. The first-order valence-corrected chi connectivity index (χ1v) is 7.42. The van der Waals surface area contributed by atoms with Crippen LogP contribution in [0.5, 0.6) is 0 Å². The summed E-state index contributed by atoms with van der Waals surface area (Å²) in [5.41, 5.74) is 1.37. The van der Waals surface area contributed by atoms with E-state index in [1.165, 1.54) is 12.3 Å². The highest BCUT2D eigenvalue weighted by atomic mass is 35.5. The van der Waals surface area contributed by atoms with Crippen LogP contribution >= 0.6 is 11.6 Å². The molecule has 0 aliphatic heterocycles. The highest BCUT2D eigenvalue weighted by Crippen LogP contribution is 2.10. The Morgan fingerprint density at radius 2 is 1.83 bits per heavy atom. The van der Waals surface area contributed by atoms with Crippen LogP contribution in [-0.4, -0.2) is 29.9 Å². The molecular formula is C17H16ClN3O2. The van der Waals surface area contributed by atoms with Gasteiger partial charge in [-0.3, -0.25) is 14.6 Å². The van der Waals surface area contributed by atoms with Crippen LogP contribution in [-0.2, 0) is 4.79 Å². The number of rotatable bonds is 6. The molecule has 6 heteroatoms. The Hall–Kier alpha value is -2.66. The van der Waals surface area contributed by atoms with Gasteiger partial charge in [-0.25, -0.2) is 0 Å². The van der Waals surface area contributed by atoms with E-state index in [1.54, 1.807) is 36.5 Å². The number of amides is 2. The molecule has 0 saturated heterocycles. The van der Waals surface area contributed by atoms with Crippen molar-refractivity contribution < 1.29 is 9.59 Å². The number of nitrogens with one attached hydrogen (secondary N) is 2. The first kappa shape index (κ1) is 16.7. The van der Waals surface area contributed by atoms with Crippen molar-refractivity contribution in [1.29, 1.82) is 0 Å². The van der Waals surface area contributed by atoms with Gasteiger partial charge in [-0.15, -0.1) is 0 Å². The van der Waals surface area contributed by atoms with E-state index in [0.717, 1.165) is 5.56 Å². The summed E-state index contributed by atoms with van der Waals surface area (Å²) in [6.45, 7) is 0.685. The molecule has 2 rings (SSSR count). The van der Waals surface area contributed by atoms with Gasteiger partial charge in [0, 0.05) is 36.6 Å². The van der Waals surface area contributed by atoms with E-state index in [4.69, 9.17) is 11.6 Å². The Morgan fingerprint density at radius 3 is 2.52 bits per heavy atom. The molecule has 5 nitrogen and oxygen atoms in total. The number of nitrogens with zero attached hydrogens (tertiary/aromatic N) is 1. The molecular weight excluding hydrogens is 314 g/mol. The summed E-state index contributed by atoms with van der Waals surface area (Å²) < 4.78 is 0. The van der Waals surface area contributed by atoms with Crippen LogP contribution in [0.15, 0.2) is 54.9 Å². The number of carbonyl (C=O) groups is 2. The number of hydrogen-bond acceptors (Lipinski definition) is 3. The molecule has 1 aromatic carbocycles. The van der Waals surface area contributed by atoms with Crippen LogP contribution in [0, 0.1) is 0 Å². The zero-order valence-corrected chi connectivity index (χ0v) is 13.1. The summed E-state index contributed by atoms with van der Waals surface area (Å²) in [4.78, 5) is 27.3. The molecule has 0 saturated carbocycles. The molecule has 118 valence electrons. The van der Waals surface area contributed by atoms with E-state index >= 15 is 0 Å². The third-order valence-corrected chi connectivity index (χ3v) is 3.18. The first-order chi connectivity index (χ1) is 11.1. The van der Waals surface area contributed by atoms with Gasteiger partial charge < -0.3 is 10.6 Å². The van der Waals surface area contributed by atoms with Crippen LogP contribution in [0.3, 0.4) is 0 Å². The second-order valence-corrected chi connectivity index (χ2v) is 5.11. The molecule has 0 spiro atoms. The van der Waals surface area contributed by atoms with Crippen LogP contribution < -0.4 is 10.6 Å². The fourth-order valence-corrected chi connectivity index (χ4v) is 1.89. The molecule has 1 heterocycles. The molecule has 2 amide bonds. The second kappa shape index (κ2) is 8.70. The Balaban J connectivity index is 1.69. The van der Waals surface area contributed by atoms with E-state index in [1.807, 2.05) is 12.1 Å². The molecule has 0 unspecified atom stereocenters.